The summed E-state index contributed by atoms with van der Waals surface area (Å²) in [5.74, 6) is -0.352. The molecule has 1 amide bonds. The molecular weight excluding hydrogens is 198 g/mol. The van der Waals surface area contributed by atoms with Gasteiger partial charge in [0.05, 0.1) is 24.3 Å². The van der Waals surface area contributed by atoms with E-state index in [9.17, 15) is 4.79 Å². The van der Waals surface area contributed by atoms with Gasteiger partial charge < -0.3 is 5.73 Å². The maximum atomic E-state index is 11.5. The largest absolute Gasteiger partial charge is 0.396 e. The van der Waals surface area contributed by atoms with Gasteiger partial charge in [-0.3, -0.25) is 15.2 Å². The standard InChI is InChI=1S/C7H7N7O/c8-4-3-11-13-5(4)6(15)12-7-9-1-2-10-14-7/h1-3H,8H2,(H,11,13)(H,9,12,14,15). The molecule has 0 saturated heterocycles. The topological polar surface area (TPSA) is 122 Å². The predicted molar refractivity (Wildman–Crippen MR) is 50.8 cm³/mol. The van der Waals surface area contributed by atoms with Gasteiger partial charge in [-0.05, 0) is 0 Å². The predicted octanol–water partition coefficient (Wildman–Crippen LogP) is -0.571. The number of hydrogen-bond acceptors (Lipinski definition) is 6. The van der Waals surface area contributed by atoms with Crippen molar-refractivity contribution >= 4 is 17.5 Å². The third-order valence-electron chi connectivity index (χ3n) is 1.60. The number of aromatic amines is 1. The van der Waals surface area contributed by atoms with Crippen molar-refractivity contribution in [1.29, 1.82) is 0 Å². The Kier molecular flexibility index (Phi) is 2.23. The Morgan fingerprint density at radius 1 is 1.47 bits per heavy atom. The van der Waals surface area contributed by atoms with Crippen LogP contribution in [0, 0.1) is 0 Å². The number of hydrogen-bond donors (Lipinski definition) is 3. The minimum absolute atomic E-state index is 0.108. The molecule has 8 nitrogen and oxygen atoms in total. The van der Waals surface area contributed by atoms with Crippen LogP contribution in [-0.2, 0) is 0 Å². The zero-order valence-corrected chi connectivity index (χ0v) is 7.51. The van der Waals surface area contributed by atoms with Gasteiger partial charge in [-0.2, -0.15) is 10.2 Å². The van der Waals surface area contributed by atoms with Gasteiger partial charge in [-0.25, -0.2) is 4.98 Å². The first-order chi connectivity index (χ1) is 7.27. The van der Waals surface area contributed by atoms with Crippen LogP contribution in [0.1, 0.15) is 10.5 Å². The van der Waals surface area contributed by atoms with Gasteiger partial charge in [0, 0.05) is 0 Å². The molecule has 0 aliphatic heterocycles. The van der Waals surface area contributed by atoms with E-state index < -0.39 is 5.91 Å². The Bertz CT molecular complexity index is 465. The highest BCUT2D eigenvalue weighted by Gasteiger charge is 2.12. The Balaban J connectivity index is 2.15. The van der Waals surface area contributed by atoms with Crippen molar-refractivity contribution < 1.29 is 4.79 Å². The summed E-state index contributed by atoms with van der Waals surface area (Å²) in [6, 6.07) is 0. The van der Waals surface area contributed by atoms with Crippen LogP contribution >= 0.6 is 0 Å². The second-order valence-electron chi connectivity index (χ2n) is 2.62. The van der Waals surface area contributed by atoms with Crippen LogP contribution in [-0.4, -0.2) is 31.3 Å². The molecule has 2 aromatic rings. The highest BCUT2D eigenvalue weighted by Crippen LogP contribution is 2.07. The molecule has 0 fully saturated rings. The molecule has 0 atom stereocenters. The van der Waals surface area contributed by atoms with Gasteiger partial charge in [0.2, 0.25) is 5.95 Å². The van der Waals surface area contributed by atoms with Crippen LogP contribution in [0.5, 0.6) is 0 Å². The number of rotatable bonds is 2. The van der Waals surface area contributed by atoms with E-state index in [0.29, 0.717) is 0 Å². The maximum absolute atomic E-state index is 11.5. The second kappa shape index (κ2) is 3.70. The molecule has 0 saturated carbocycles. The van der Waals surface area contributed by atoms with Crippen LogP contribution in [0.25, 0.3) is 0 Å². The van der Waals surface area contributed by atoms with Gasteiger partial charge in [-0.15, -0.1) is 5.10 Å². The Labute approximate surface area is 83.9 Å². The van der Waals surface area contributed by atoms with Gasteiger partial charge in [0.25, 0.3) is 5.91 Å². The lowest BCUT2D eigenvalue weighted by Gasteiger charge is -2.00. The van der Waals surface area contributed by atoms with E-state index in [1.165, 1.54) is 18.6 Å². The van der Waals surface area contributed by atoms with E-state index in [1.54, 1.807) is 0 Å². The molecule has 0 unspecified atom stereocenters. The Morgan fingerprint density at radius 2 is 2.33 bits per heavy atom. The first kappa shape index (κ1) is 9.06. The van der Waals surface area contributed by atoms with Gasteiger partial charge in [0.15, 0.2) is 0 Å². The summed E-state index contributed by atoms with van der Waals surface area (Å²) in [6.07, 6.45) is 4.16. The summed E-state index contributed by atoms with van der Waals surface area (Å²) in [6.45, 7) is 0. The van der Waals surface area contributed by atoms with E-state index in [-0.39, 0.29) is 17.3 Å². The average molecular weight is 205 g/mol. The molecule has 0 aliphatic rings. The number of nitrogens with two attached hydrogens (primary N) is 1. The van der Waals surface area contributed by atoms with Crippen LogP contribution in [0.2, 0.25) is 0 Å². The highest BCUT2D eigenvalue weighted by atomic mass is 16.2. The summed E-state index contributed by atoms with van der Waals surface area (Å²) < 4.78 is 0. The molecule has 2 aromatic heterocycles. The zero-order valence-electron chi connectivity index (χ0n) is 7.51. The molecular formula is C7H7N7O. The molecule has 0 radical (unpaired) electrons. The number of nitrogens with zero attached hydrogens (tertiary/aromatic N) is 4. The smallest absolute Gasteiger partial charge is 0.278 e. The van der Waals surface area contributed by atoms with Crippen LogP contribution < -0.4 is 11.1 Å². The Hall–Kier alpha value is -2.51. The number of aromatic nitrogens is 5. The fourth-order valence-corrected chi connectivity index (χ4v) is 0.946. The lowest BCUT2D eigenvalue weighted by molar-refractivity contribution is 0.102. The highest BCUT2D eigenvalue weighted by molar-refractivity contribution is 6.05. The normalized spacial score (nSPS) is 9.87. The van der Waals surface area contributed by atoms with Crippen LogP contribution in [0.3, 0.4) is 0 Å². The molecule has 76 valence electrons. The lowest BCUT2D eigenvalue weighted by Crippen LogP contribution is -2.16. The molecule has 0 aliphatic carbocycles. The minimum atomic E-state index is -0.460. The molecule has 0 spiro atoms. The van der Waals surface area contributed by atoms with E-state index in [0.717, 1.165) is 0 Å². The third-order valence-corrected chi connectivity index (χ3v) is 1.60. The summed E-state index contributed by atoms with van der Waals surface area (Å²) in [4.78, 5) is 15.3. The zero-order chi connectivity index (χ0) is 10.7. The first-order valence-electron chi connectivity index (χ1n) is 4.01. The van der Waals surface area contributed by atoms with Crippen LogP contribution in [0.15, 0.2) is 18.6 Å². The fourth-order valence-electron chi connectivity index (χ4n) is 0.946. The Morgan fingerprint density at radius 3 is 2.93 bits per heavy atom. The van der Waals surface area contributed by atoms with E-state index in [2.05, 4.69) is 30.7 Å². The summed E-state index contributed by atoms with van der Waals surface area (Å²) in [7, 11) is 0. The number of carbonyl (C=O) groups is 1. The molecule has 15 heavy (non-hydrogen) atoms. The summed E-state index contributed by atoms with van der Waals surface area (Å²) in [5.41, 5.74) is 5.91. The minimum Gasteiger partial charge on any atom is -0.396 e. The van der Waals surface area contributed by atoms with Gasteiger partial charge in [0.1, 0.15) is 5.69 Å². The van der Waals surface area contributed by atoms with Crippen molar-refractivity contribution in [2.24, 2.45) is 0 Å². The van der Waals surface area contributed by atoms with E-state index in [4.69, 9.17) is 5.73 Å². The number of anilines is 2. The van der Waals surface area contributed by atoms with Crippen molar-refractivity contribution in [3.63, 3.8) is 0 Å². The summed E-state index contributed by atoms with van der Waals surface area (Å²) >= 11 is 0. The van der Waals surface area contributed by atoms with Crippen molar-refractivity contribution in [3.05, 3.63) is 24.3 Å². The molecule has 8 heteroatoms. The van der Waals surface area contributed by atoms with Crippen molar-refractivity contribution in [2.45, 2.75) is 0 Å². The number of carbonyl (C=O) groups excluding carboxylic acids is 1. The quantitative estimate of drug-likeness (QED) is 0.603. The number of H-pyrrole nitrogens is 1. The van der Waals surface area contributed by atoms with Crippen LogP contribution in [0.4, 0.5) is 11.6 Å². The fraction of sp³-hybridized carbons (Fsp3) is 0. The maximum Gasteiger partial charge on any atom is 0.278 e. The molecule has 2 rings (SSSR count). The molecule has 0 aromatic carbocycles. The molecule has 4 N–H and O–H groups in total. The SMILES string of the molecule is Nc1cn[nH]c1C(=O)Nc1nccnn1. The van der Waals surface area contributed by atoms with E-state index >= 15 is 0 Å². The number of amides is 1. The van der Waals surface area contributed by atoms with Gasteiger partial charge in [-0.1, -0.05) is 0 Å². The average Bonchev–Trinajstić information content (AvgIpc) is 2.66. The number of nitrogen functional groups attached to an aromatic ring is 1. The van der Waals surface area contributed by atoms with E-state index in [1.807, 2.05) is 0 Å². The monoisotopic (exact) mass is 205 g/mol. The first-order valence-corrected chi connectivity index (χ1v) is 4.01. The van der Waals surface area contributed by atoms with Crippen molar-refractivity contribution in [1.82, 2.24) is 25.4 Å². The number of nitrogens with one attached hydrogen (secondary N) is 2. The van der Waals surface area contributed by atoms with Crippen molar-refractivity contribution in [2.75, 3.05) is 11.1 Å². The summed E-state index contributed by atoms with van der Waals surface area (Å²) in [5, 5.41) is 15.6. The lowest BCUT2D eigenvalue weighted by atomic mass is 10.3. The second-order valence-corrected chi connectivity index (χ2v) is 2.62. The molecule has 0 bridgehead atoms. The van der Waals surface area contributed by atoms with Crippen molar-refractivity contribution in [3.8, 4) is 0 Å². The third kappa shape index (κ3) is 1.88. The molecule has 2 heterocycles. The van der Waals surface area contributed by atoms with Gasteiger partial charge >= 0.3 is 0 Å².